The molecule has 2 amide bonds. The average molecular weight is 453 g/mol. The lowest BCUT2D eigenvalue weighted by molar-refractivity contribution is -0.118. The van der Waals surface area contributed by atoms with E-state index in [0.29, 0.717) is 16.4 Å². The molecule has 0 saturated carbocycles. The summed E-state index contributed by atoms with van der Waals surface area (Å²) in [4.78, 5) is 35.1. The zero-order valence-electron chi connectivity index (χ0n) is 18.3. The standard InChI is InChI=1S/C24H25FN4O2S/c1-14(2)21(29-22(30)17-5-7-18(25)8-6-17)23(31)28-19-9-11-20(12-10-19)32-24-26-15(3)13-16(4)27-24/h5-14,21H,1-4H3,(H,28,31)(H,29,30). The number of hydrogen-bond acceptors (Lipinski definition) is 5. The van der Waals surface area contributed by atoms with Crippen LogP contribution >= 0.6 is 11.8 Å². The number of nitrogens with zero attached hydrogens (tertiary/aromatic N) is 2. The van der Waals surface area contributed by atoms with Gasteiger partial charge in [0.2, 0.25) is 5.91 Å². The highest BCUT2D eigenvalue weighted by Gasteiger charge is 2.25. The smallest absolute Gasteiger partial charge is 0.251 e. The Kier molecular flexibility index (Phi) is 7.58. The number of hydrogen-bond donors (Lipinski definition) is 2. The van der Waals surface area contributed by atoms with Gasteiger partial charge in [0.15, 0.2) is 5.16 Å². The number of carbonyl (C=O) groups excluding carboxylic acids is 2. The molecular weight excluding hydrogens is 427 g/mol. The highest BCUT2D eigenvalue weighted by Crippen LogP contribution is 2.26. The number of halogens is 1. The van der Waals surface area contributed by atoms with Crippen molar-refractivity contribution in [3.05, 3.63) is 77.4 Å². The molecule has 3 rings (SSSR count). The van der Waals surface area contributed by atoms with Gasteiger partial charge < -0.3 is 10.6 Å². The largest absolute Gasteiger partial charge is 0.340 e. The van der Waals surface area contributed by atoms with Crippen LogP contribution in [0.4, 0.5) is 10.1 Å². The fraction of sp³-hybridized carbons (Fsp3) is 0.250. The Morgan fingerprint density at radius 2 is 1.53 bits per heavy atom. The molecule has 3 aromatic rings. The second-order valence-electron chi connectivity index (χ2n) is 7.75. The lowest BCUT2D eigenvalue weighted by Gasteiger charge is -2.22. The maximum absolute atomic E-state index is 13.1. The van der Waals surface area contributed by atoms with Crippen molar-refractivity contribution in [2.75, 3.05) is 5.32 Å². The molecule has 0 radical (unpaired) electrons. The highest BCUT2D eigenvalue weighted by atomic mass is 32.2. The second kappa shape index (κ2) is 10.4. The Balaban J connectivity index is 1.64. The first-order valence-corrected chi connectivity index (χ1v) is 11.0. The summed E-state index contributed by atoms with van der Waals surface area (Å²) in [6, 6.07) is 13.7. The number of benzene rings is 2. The van der Waals surface area contributed by atoms with Crippen LogP contribution in [0.3, 0.4) is 0 Å². The summed E-state index contributed by atoms with van der Waals surface area (Å²) in [6.45, 7) is 7.55. The summed E-state index contributed by atoms with van der Waals surface area (Å²) in [5.41, 5.74) is 2.72. The predicted octanol–water partition coefficient (Wildman–Crippen LogP) is 4.78. The van der Waals surface area contributed by atoms with Crippen LogP contribution in [-0.4, -0.2) is 27.8 Å². The van der Waals surface area contributed by atoms with Crippen molar-refractivity contribution in [2.24, 2.45) is 5.92 Å². The molecule has 1 heterocycles. The Bertz CT molecular complexity index is 1080. The second-order valence-corrected chi connectivity index (χ2v) is 8.79. The van der Waals surface area contributed by atoms with E-state index >= 15 is 0 Å². The third-order valence-electron chi connectivity index (χ3n) is 4.63. The Hall–Kier alpha value is -3.26. The molecular formula is C24H25FN4O2S. The van der Waals surface area contributed by atoms with Crippen molar-refractivity contribution in [1.29, 1.82) is 0 Å². The van der Waals surface area contributed by atoms with Gasteiger partial charge in [0.25, 0.3) is 5.91 Å². The minimum absolute atomic E-state index is 0.143. The van der Waals surface area contributed by atoms with Gasteiger partial charge in [0, 0.05) is 27.5 Å². The maximum atomic E-state index is 13.1. The molecule has 0 aliphatic heterocycles. The molecule has 0 aliphatic carbocycles. The van der Waals surface area contributed by atoms with E-state index < -0.39 is 17.8 Å². The van der Waals surface area contributed by atoms with E-state index in [1.165, 1.54) is 36.0 Å². The molecule has 166 valence electrons. The van der Waals surface area contributed by atoms with Crippen molar-refractivity contribution >= 4 is 29.3 Å². The van der Waals surface area contributed by atoms with Gasteiger partial charge in [-0.2, -0.15) is 0 Å². The van der Waals surface area contributed by atoms with Crippen LogP contribution < -0.4 is 10.6 Å². The monoisotopic (exact) mass is 452 g/mol. The van der Waals surface area contributed by atoms with Gasteiger partial charge in [-0.1, -0.05) is 13.8 Å². The summed E-state index contributed by atoms with van der Waals surface area (Å²) in [5, 5.41) is 6.25. The average Bonchev–Trinajstić information content (AvgIpc) is 2.72. The van der Waals surface area contributed by atoms with Gasteiger partial charge in [-0.15, -0.1) is 0 Å². The van der Waals surface area contributed by atoms with Crippen LogP contribution in [-0.2, 0) is 4.79 Å². The Labute approximate surface area is 191 Å². The Morgan fingerprint density at radius 1 is 0.938 bits per heavy atom. The molecule has 0 fully saturated rings. The summed E-state index contributed by atoms with van der Waals surface area (Å²) in [7, 11) is 0. The van der Waals surface area contributed by atoms with Crippen LogP contribution in [0, 0.1) is 25.6 Å². The van der Waals surface area contributed by atoms with Gasteiger partial charge >= 0.3 is 0 Å². The van der Waals surface area contributed by atoms with Crippen LogP contribution in [0.2, 0.25) is 0 Å². The number of amides is 2. The number of carbonyl (C=O) groups is 2. The van der Waals surface area contributed by atoms with Gasteiger partial charge in [0.05, 0.1) is 0 Å². The summed E-state index contributed by atoms with van der Waals surface area (Å²) < 4.78 is 13.1. The van der Waals surface area contributed by atoms with Gasteiger partial charge in [-0.3, -0.25) is 9.59 Å². The number of nitrogens with one attached hydrogen (secondary N) is 2. The molecule has 32 heavy (non-hydrogen) atoms. The molecule has 2 aromatic carbocycles. The number of rotatable bonds is 7. The molecule has 0 saturated heterocycles. The van der Waals surface area contributed by atoms with E-state index in [9.17, 15) is 14.0 Å². The lowest BCUT2D eigenvalue weighted by atomic mass is 10.0. The van der Waals surface area contributed by atoms with Gasteiger partial charge in [0.1, 0.15) is 11.9 Å². The Morgan fingerprint density at radius 3 is 2.09 bits per heavy atom. The van der Waals surface area contributed by atoms with E-state index in [4.69, 9.17) is 0 Å². The van der Waals surface area contributed by atoms with Crippen molar-refractivity contribution in [2.45, 2.75) is 43.8 Å². The lowest BCUT2D eigenvalue weighted by Crippen LogP contribution is -2.47. The van der Waals surface area contributed by atoms with Crippen molar-refractivity contribution < 1.29 is 14.0 Å². The molecule has 0 aliphatic rings. The molecule has 1 atom stereocenters. The fourth-order valence-electron chi connectivity index (χ4n) is 3.03. The first kappa shape index (κ1) is 23.4. The number of aryl methyl sites for hydroxylation is 2. The maximum Gasteiger partial charge on any atom is 0.251 e. The van der Waals surface area contributed by atoms with E-state index in [1.54, 1.807) is 12.1 Å². The molecule has 6 nitrogen and oxygen atoms in total. The topological polar surface area (TPSA) is 84.0 Å². The summed E-state index contributed by atoms with van der Waals surface area (Å²) in [6.07, 6.45) is 0. The van der Waals surface area contributed by atoms with Crippen LogP contribution in [0.1, 0.15) is 35.6 Å². The first-order valence-electron chi connectivity index (χ1n) is 10.2. The van der Waals surface area contributed by atoms with Crippen LogP contribution in [0.15, 0.2) is 64.6 Å². The number of aromatic nitrogens is 2. The minimum Gasteiger partial charge on any atom is -0.340 e. The SMILES string of the molecule is Cc1cc(C)nc(Sc2ccc(NC(=O)C(NC(=O)c3ccc(F)cc3)C(C)C)cc2)n1. The summed E-state index contributed by atoms with van der Waals surface area (Å²) in [5.74, 6) is -1.33. The van der Waals surface area contributed by atoms with E-state index in [2.05, 4.69) is 20.6 Å². The van der Waals surface area contributed by atoms with Crippen LogP contribution in [0.5, 0.6) is 0 Å². The molecule has 8 heteroatoms. The van der Waals surface area contributed by atoms with Gasteiger partial charge in [-0.25, -0.2) is 14.4 Å². The zero-order chi connectivity index (χ0) is 23.3. The summed E-state index contributed by atoms with van der Waals surface area (Å²) >= 11 is 1.44. The predicted molar refractivity (Wildman–Crippen MR) is 123 cm³/mol. The normalized spacial score (nSPS) is 11.8. The quantitative estimate of drug-likeness (QED) is 0.504. The van der Waals surface area contributed by atoms with Crippen molar-refractivity contribution in [3.8, 4) is 0 Å². The third-order valence-corrected chi connectivity index (χ3v) is 5.51. The zero-order valence-corrected chi connectivity index (χ0v) is 19.2. The minimum atomic E-state index is -0.745. The molecule has 0 bridgehead atoms. The van der Waals surface area contributed by atoms with Crippen LogP contribution in [0.25, 0.3) is 0 Å². The molecule has 2 N–H and O–H groups in total. The fourth-order valence-corrected chi connectivity index (χ4v) is 3.89. The first-order chi connectivity index (χ1) is 15.2. The van der Waals surface area contributed by atoms with Crippen molar-refractivity contribution in [1.82, 2.24) is 15.3 Å². The van der Waals surface area contributed by atoms with E-state index in [0.717, 1.165) is 16.3 Å². The third kappa shape index (κ3) is 6.37. The van der Waals surface area contributed by atoms with Gasteiger partial charge in [-0.05, 0) is 86.1 Å². The van der Waals surface area contributed by atoms with E-state index in [-0.39, 0.29) is 11.8 Å². The molecule has 1 aromatic heterocycles. The molecule has 0 spiro atoms. The van der Waals surface area contributed by atoms with Crippen molar-refractivity contribution in [3.63, 3.8) is 0 Å². The van der Waals surface area contributed by atoms with E-state index in [1.807, 2.05) is 45.9 Å². The number of anilines is 1. The highest BCUT2D eigenvalue weighted by molar-refractivity contribution is 7.99. The molecule has 1 unspecified atom stereocenters.